The van der Waals surface area contributed by atoms with Crippen LogP contribution in [-0.2, 0) is 24.1 Å². The second kappa shape index (κ2) is 8.56. The molecule has 0 unspecified atom stereocenters. The minimum atomic E-state index is -3.54. The van der Waals surface area contributed by atoms with Crippen LogP contribution in [0.5, 0.6) is 0 Å². The van der Waals surface area contributed by atoms with Crippen LogP contribution in [-0.4, -0.2) is 87.5 Å². The van der Waals surface area contributed by atoms with Crippen LogP contribution in [0.1, 0.15) is 32.4 Å². The van der Waals surface area contributed by atoms with Crippen LogP contribution in [0.3, 0.4) is 0 Å². The number of aromatic nitrogens is 4. The monoisotopic (exact) mass is 437 g/mol. The molecule has 0 atom stereocenters. The molecule has 2 amide bonds. The van der Waals surface area contributed by atoms with E-state index in [-0.39, 0.29) is 37.2 Å². The standard InChI is InChI=1S/C18H27N7O4S/c1-13-11-15(22(3)20-13)17(26)19-5-10-30(28,29)25-8-6-24(7-9-25)18(27)16-12-14(2)21-23(16)4/h11-12H,5-10H2,1-4H3,(H,19,26). The van der Waals surface area contributed by atoms with Gasteiger partial charge in [-0.3, -0.25) is 19.0 Å². The Morgan fingerprint density at radius 1 is 0.967 bits per heavy atom. The van der Waals surface area contributed by atoms with Crippen molar-refractivity contribution >= 4 is 21.8 Å². The van der Waals surface area contributed by atoms with E-state index in [1.165, 1.54) is 13.7 Å². The summed E-state index contributed by atoms with van der Waals surface area (Å²) in [7, 11) is -0.174. The van der Waals surface area contributed by atoms with Gasteiger partial charge in [-0.25, -0.2) is 8.42 Å². The van der Waals surface area contributed by atoms with Crippen LogP contribution in [0.2, 0.25) is 0 Å². The van der Waals surface area contributed by atoms with Crippen molar-refractivity contribution < 1.29 is 18.0 Å². The molecule has 0 bridgehead atoms. The fraction of sp³-hybridized carbons (Fsp3) is 0.556. The van der Waals surface area contributed by atoms with E-state index >= 15 is 0 Å². The zero-order valence-electron chi connectivity index (χ0n) is 17.6. The highest BCUT2D eigenvalue weighted by molar-refractivity contribution is 7.89. The first-order valence-electron chi connectivity index (χ1n) is 9.65. The van der Waals surface area contributed by atoms with Gasteiger partial charge in [0, 0.05) is 46.8 Å². The van der Waals surface area contributed by atoms with Crippen molar-refractivity contribution in [3.05, 3.63) is 34.9 Å². The number of rotatable bonds is 6. The maximum absolute atomic E-state index is 12.6. The molecule has 2 aromatic heterocycles. The molecular weight excluding hydrogens is 410 g/mol. The summed E-state index contributed by atoms with van der Waals surface area (Å²) in [5.41, 5.74) is 2.33. The summed E-state index contributed by atoms with van der Waals surface area (Å²) in [6.45, 7) is 4.65. The van der Waals surface area contributed by atoms with Gasteiger partial charge in [0.15, 0.2) is 0 Å². The van der Waals surface area contributed by atoms with Crippen molar-refractivity contribution in [3.63, 3.8) is 0 Å². The molecule has 1 N–H and O–H groups in total. The molecule has 0 aliphatic carbocycles. The minimum absolute atomic E-state index is 0.00116. The van der Waals surface area contributed by atoms with Crippen molar-refractivity contribution in [2.45, 2.75) is 13.8 Å². The van der Waals surface area contributed by atoms with Gasteiger partial charge in [-0.05, 0) is 26.0 Å². The van der Waals surface area contributed by atoms with Gasteiger partial charge in [-0.1, -0.05) is 0 Å². The summed E-state index contributed by atoms with van der Waals surface area (Å²) in [6, 6.07) is 3.36. The van der Waals surface area contributed by atoms with Crippen molar-refractivity contribution in [3.8, 4) is 0 Å². The molecule has 0 aromatic carbocycles. The largest absolute Gasteiger partial charge is 0.350 e. The lowest BCUT2D eigenvalue weighted by molar-refractivity contribution is 0.0686. The van der Waals surface area contributed by atoms with Gasteiger partial charge in [-0.2, -0.15) is 14.5 Å². The van der Waals surface area contributed by atoms with Crippen LogP contribution >= 0.6 is 0 Å². The van der Waals surface area contributed by atoms with Gasteiger partial charge in [0.25, 0.3) is 11.8 Å². The number of aryl methyl sites for hydroxylation is 4. The van der Waals surface area contributed by atoms with Gasteiger partial charge in [0.05, 0.1) is 17.1 Å². The van der Waals surface area contributed by atoms with Crippen molar-refractivity contribution in [1.29, 1.82) is 0 Å². The van der Waals surface area contributed by atoms with Crippen LogP contribution in [0, 0.1) is 13.8 Å². The van der Waals surface area contributed by atoms with E-state index < -0.39 is 10.0 Å². The summed E-state index contributed by atoms with van der Waals surface area (Å²) in [5, 5.41) is 10.9. The summed E-state index contributed by atoms with van der Waals surface area (Å²) < 4.78 is 29.6. The van der Waals surface area contributed by atoms with Gasteiger partial charge < -0.3 is 10.2 Å². The zero-order chi connectivity index (χ0) is 22.1. The summed E-state index contributed by atoms with van der Waals surface area (Å²) in [6.07, 6.45) is 0. The first kappa shape index (κ1) is 22.0. The lowest BCUT2D eigenvalue weighted by Gasteiger charge is -2.34. The molecule has 1 aliphatic rings. The normalized spacial score (nSPS) is 15.4. The first-order valence-corrected chi connectivity index (χ1v) is 11.3. The van der Waals surface area contributed by atoms with Crippen LogP contribution in [0.4, 0.5) is 0 Å². The Bertz CT molecular complexity index is 1050. The number of carbonyl (C=O) groups is 2. The summed E-state index contributed by atoms with van der Waals surface area (Å²) in [5.74, 6) is -0.728. The fourth-order valence-corrected chi connectivity index (χ4v) is 4.82. The highest BCUT2D eigenvalue weighted by Crippen LogP contribution is 2.12. The Morgan fingerprint density at radius 2 is 1.50 bits per heavy atom. The van der Waals surface area contributed by atoms with Crippen LogP contribution in [0.15, 0.2) is 12.1 Å². The maximum atomic E-state index is 12.6. The molecule has 0 saturated carbocycles. The van der Waals surface area contributed by atoms with E-state index in [0.29, 0.717) is 30.2 Å². The third-order valence-electron chi connectivity index (χ3n) is 5.02. The number of nitrogens with zero attached hydrogens (tertiary/aromatic N) is 6. The van der Waals surface area contributed by atoms with Crippen molar-refractivity contribution in [2.75, 3.05) is 38.5 Å². The Morgan fingerprint density at radius 3 is 2.00 bits per heavy atom. The van der Waals surface area contributed by atoms with Crippen LogP contribution in [0.25, 0.3) is 0 Å². The van der Waals surface area contributed by atoms with Gasteiger partial charge in [0.2, 0.25) is 10.0 Å². The summed E-state index contributed by atoms with van der Waals surface area (Å²) in [4.78, 5) is 26.5. The van der Waals surface area contributed by atoms with Crippen molar-refractivity contribution in [1.82, 2.24) is 34.1 Å². The third kappa shape index (κ3) is 4.70. The average molecular weight is 438 g/mol. The molecule has 11 nitrogen and oxygen atoms in total. The molecular formula is C18H27N7O4S. The molecule has 30 heavy (non-hydrogen) atoms. The predicted molar refractivity (Wildman–Crippen MR) is 109 cm³/mol. The molecule has 1 fully saturated rings. The molecule has 2 aromatic rings. The number of carbonyl (C=O) groups excluding carboxylic acids is 2. The summed E-state index contributed by atoms with van der Waals surface area (Å²) >= 11 is 0. The third-order valence-corrected chi connectivity index (χ3v) is 6.89. The number of hydrogen-bond donors (Lipinski definition) is 1. The molecule has 12 heteroatoms. The van der Waals surface area contributed by atoms with Gasteiger partial charge in [0.1, 0.15) is 11.4 Å². The first-order chi connectivity index (χ1) is 14.1. The number of hydrogen-bond acceptors (Lipinski definition) is 6. The maximum Gasteiger partial charge on any atom is 0.272 e. The minimum Gasteiger partial charge on any atom is -0.350 e. The number of piperazine rings is 1. The lowest BCUT2D eigenvalue weighted by Crippen LogP contribution is -2.51. The molecule has 3 rings (SSSR count). The number of amides is 2. The molecule has 0 spiro atoms. The van der Waals surface area contributed by atoms with E-state index in [4.69, 9.17) is 0 Å². The topological polar surface area (TPSA) is 122 Å². The molecule has 1 aliphatic heterocycles. The van der Waals surface area contributed by atoms with Crippen LogP contribution < -0.4 is 5.32 Å². The van der Waals surface area contributed by atoms with E-state index in [0.717, 1.165) is 5.69 Å². The second-order valence-corrected chi connectivity index (χ2v) is 9.44. The lowest BCUT2D eigenvalue weighted by atomic mass is 10.3. The Balaban J connectivity index is 1.50. The number of sulfonamides is 1. The highest BCUT2D eigenvalue weighted by Gasteiger charge is 2.30. The Hall–Kier alpha value is -2.73. The Labute approximate surface area is 175 Å². The van der Waals surface area contributed by atoms with E-state index in [1.807, 2.05) is 6.92 Å². The predicted octanol–water partition coefficient (Wildman–Crippen LogP) is -0.712. The molecule has 0 radical (unpaired) electrons. The smallest absolute Gasteiger partial charge is 0.272 e. The second-order valence-electron chi connectivity index (χ2n) is 7.35. The van der Waals surface area contributed by atoms with E-state index in [1.54, 1.807) is 38.1 Å². The number of nitrogens with one attached hydrogen (secondary N) is 1. The molecule has 164 valence electrons. The fourth-order valence-electron chi connectivity index (χ4n) is 3.48. The SMILES string of the molecule is Cc1cc(C(=O)NCCS(=O)(=O)N2CCN(C(=O)c3cc(C)nn3C)CC2)n(C)n1. The van der Waals surface area contributed by atoms with Crippen molar-refractivity contribution in [2.24, 2.45) is 14.1 Å². The quantitative estimate of drug-likeness (QED) is 0.637. The van der Waals surface area contributed by atoms with E-state index in [9.17, 15) is 18.0 Å². The van der Waals surface area contributed by atoms with E-state index in [2.05, 4.69) is 15.5 Å². The molecule has 1 saturated heterocycles. The molecule has 3 heterocycles. The Kier molecular flexibility index (Phi) is 6.27. The highest BCUT2D eigenvalue weighted by atomic mass is 32.2. The average Bonchev–Trinajstić information content (AvgIpc) is 3.21. The van der Waals surface area contributed by atoms with Gasteiger partial charge in [-0.15, -0.1) is 0 Å². The zero-order valence-corrected chi connectivity index (χ0v) is 18.4. The van der Waals surface area contributed by atoms with Gasteiger partial charge >= 0.3 is 0 Å².